The van der Waals surface area contributed by atoms with Crippen LogP contribution < -0.4 is 5.73 Å². The fourth-order valence-corrected chi connectivity index (χ4v) is 2.57. The first-order chi connectivity index (χ1) is 7.28. The van der Waals surface area contributed by atoms with E-state index in [1.165, 1.54) is 5.56 Å². The summed E-state index contributed by atoms with van der Waals surface area (Å²) in [6.07, 6.45) is 2.15. The van der Waals surface area contributed by atoms with Crippen molar-refractivity contribution in [1.82, 2.24) is 0 Å². The Morgan fingerprint density at radius 2 is 1.69 bits per heavy atom. The smallest absolute Gasteiger partial charge is 0.119 e. The highest BCUT2D eigenvalue weighted by Crippen LogP contribution is 2.57. The summed E-state index contributed by atoms with van der Waals surface area (Å²) < 4.78 is 0. The van der Waals surface area contributed by atoms with Crippen molar-refractivity contribution in [1.29, 1.82) is 0 Å². The lowest BCUT2D eigenvalue weighted by Crippen LogP contribution is -2.45. The first kappa shape index (κ1) is 11.5. The molecular formula is C14H21NO. The van der Waals surface area contributed by atoms with Gasteiger partial charge in [-0.1, -0.05) is 6.07 Å². The molecule has 0 bridgehead atoms. The van der Waals surface area contributed by atoms with Gasteiger partial charge < -0.3 is 10.8 Å². The Balaban J connectivity index is 2.54. The summed E-state index contributed by atoms with van der Waals surface area (Å²) in [6, 6.07) is 3.96. The van der Waals surface area contributed by atoms with E-state index < -0.39 is 0 Å². The molecule has 0 atom stereocenters. The highest BCUT2D eigenvalue weighted by molar-refractivity contribution is 5.49. The Morgan fingerprint density at radius 1 is 1.19 bits per heavy atom. The van der Waals surface area contributed by atoms with Crippen LogP contribution >= 0.6 is 0 Å². The first-order valence-electron chi connectivity index (χ1n) is 5.87. The third-order valence-electron chi connectivity index (χ3n) is 4.11. The zero-order valence-corrected chi connectivity index (χ0v) is 10.6. The average molecular weight is 219 g/mol. The van der Waals surface area contributed by atoms with E-state index in [9.17, 15) is 5.11 Å². The normalized spacial score (nSPS) is 18.6. The summed E-state index contributed by atoms with van der Waals surface area (Å²) in [6.45, 7) is 8.20. The Morgan fingerprint density at radius 3 is 2.12 bits per heavy atom. The number of phenolic OH excluding ortho intramolecular Hbond substituents is 1. The van der Waals surface area contributed by atoms with Crippen LogP contribution in [0.4, 0.5) is 0 Å². The van der Waals surface area contributed by atoms with E-state index in [4.69, 9.17) is 5.73 Å². The molecule has 2 rings (SSSR count). The van der Waals surface area contributed by atoms with E-state index in [2.05, 4.69) is 26.8 Å². The minimum absolute atomic E-state index is 0.0183. The summed E-state index contributed by atoms with van der Waals surface area (Å²) in [4.78, 5) is 0. The number of hydrogen-bond donors (Lipinski definition) is 2. The molecule has 0 aliphatic heterocycles. The van der Waals surface area contributed by atoms with Crippen LogP contribution in [0, 0.1) is 13.8 Å². The van der Waals surface area contributed by atoms with Gasteiger partial charge in [-0.25, -0.2) is 0 Å². The molecule has 1 aromatic rings. The molecule has 88 valence electrons. The maximum absolute atomic E-state index is 10.1. The van der Waals surface area contributed by atoms with Crippen molar-refractivity contribution in [3.05, 3.63) is 28.8 Å². The molecule has 2 nitrogen and oxygen atoms in total. The van der Waals surface area contributed by atoms with Crippen LogP contribution in [-0.4, -0.2) is 10.6 Å². The van der Waals surface area contributed by atoms with Crippen molar-refractivity contribution in [2.24, 2.45) is 5.73 Å². The Hall–Kier alpha value is -1.02. The lowest BCUT2D eigenvalue weighted by Gasteiger charge is -2.32. The number of rotatable bonds is 2. The van der Waals surface area contributed by atoms with Crippen LogP contribution in [0.3, 0.4) is 0 Å². The van der Waals surface area contributed by atoms with Gasteiger partial charge in [0.05, 0.1) is 0 Å². The van der Waals surface area contributed by atoms with Crippen molar-refractivity contribution in [2.75, 3.05) is 0 Å². The van der Waals surface area contributed by atoms with Crippen molar-refractivity contribution < 1.29 is 5.11 Å². The highest BCUT2D eigenvalue weighted by atomic mass is 16.3. The van der Waals surface area contributed by atoms with Gasteiger partial charge in [0.1, 0.15) is 5.75 Å². The number of phenols is 1. The zero-order valence-electron chi connectivity index (χ0n) is 10.6. The van der Waals surface area contributed by atoms with E-state index in [0.717, 1.165) is 24.0 Å². The molecule has 0 heterocycles. The van der Waals surface area contributed by atoms with Crippen molar-refractivity contribution in [3.63, 3.8) is 0 Å². The maximum Gasteiger partial charge on any atom is 0.119 e. The van der Waals surface area contributed by atoms with E-state index in [1.807, 2.05) is 13.0 Å². The molecule has 1 aliphatic rings. The lowest BCUT2D eigenvalue weighted by molar-refractivity contribution is 0.372. The Kier molecular flexibility index (Phi) is 2.32. The average Bonchev–Trinajstić information content (AvgIpc) is 2.90. The third kappa shape index (κ3) is 1.52. The largest absolute Gasteiger partial charge is 0.508 e. The number of aryl methyl sites for hydroxylation is 2. The molecule has 1 aromatic carbocycles. The quantitative estimate of drug-likeness (QED) is 0.803. The van der Waals surface area contributed by atoms with Crippen LogP contribution in [0.5, 0.6) is 5.75 Å². The SMILES string of the molecule is Cc1cc(O)c(C2(C(C)(C)N)CC2)cc1C. The van der Waals surface area contributed by atoms with E-state index in [-0.39, 0.29) is 11.0 Å². The molecule has 0 unspecified atom stereocenters. The van der Waals surface area contributed by atoms with Crippen LogP contribution in [0.2, 0.25) is 0 Å². The molecule has 1 aliphatic carbocycles. The minimum atomic E-state index is -0.272. The monoisotopic (exact) mass is 219 g/mol. The maximum atomic E-state index is 10.1. The molecule has 1 fully saturated rings. The summed E-state index contributed by atoms with van der Waals surface area (Å²) >= 11 is 0. The zero-order chi connectivity index (χ0) is 12.1. The first-order valence-corrected chi connectivity index (χ1v) is 5.87. The number of aromatic hydroxyl groups is 1. The molecule has 0 radical (unpaired) electrons. The van der Waals surface area contributed by atoms with Crippen LogP contribution in [-0.2, 0) is 5.41 Å². The molecule has 2 heteroatoms. The van der Waals surface area contributed by atoms with Gasteiger partial charge in [-0.3, -0.25) is 0 Å². The summed E-state index contributed by atoms with van der Waals surface area (Å²) in [5.41, 5.74) is 9.35. The van der Waals surface area contributed by atoms with Gasteiger partial charge in [-0.15, -0.1) is 0 Å². The standard InChI is InChI=1S/C14H21NO/c1-9-7-11(12(16)8-10(9)2)14(5-6-14)13(3,4)15/h7-8,16H,5-6,15H2,1-4H3. The molecule has 3 N–H and O–H groups in total. The molecule has 0 saturated heterocycles. The van der Waals surface area contributed by atoms with Gasteiger partial charge in [-0.05, 0) is 57.7 Å². The van der Waals surface area contributed by atoms with E-state index in [1.54, 1.807) is 0 Å². The minimum Gasteiger partial charge on any atom is -0.508 e. The second kappa shape index (κ2) is 3.24. The van der Waals surface area contributed by atoms with E-state index in [0.29, 0.717) is 5.75 Å². The van der Waals surface area contributed by atoms with Gasteiger partial charge >= 0.3 is 0 Å². The molecular weight excluding hydrogens is 198 g/mol. The lowest BCUT2D eigenvalue weighted by atomic mass is 9.78. The van der Waals surface area contributed by atoms with Crippen molar-refractivity contribution >= 4 is 0 Å². The van der Waals surface area contributed by atoms with Crippen LogP contribution in [0.1, 0.15) is 43.4 Å². The molecule has 0 spiro atoms. The fraction of sp³-hybridized carbons (Fsp3) is 0.571. The van der Waals surface area contributed by atoms with E-state index >= 15 is 0 Å². The summed E-state index contributed by atoms with van der Waals surface area (Å²) in [7, 11) is 0. The Bertz CT molecular complexity index is 425. The second-order valence-electron chi connectivity index (χ2n) is 5.76. The van der Waals surface area contributed by atoms with Crippen molar-refractivity contribution in [3.8, 4) is 5.75 Å². The van der Waals surface area contributed by atoms with Gasteiger partial charge in [0.25, 0.3) is 0 Å². The van der Waals surface area contributed by atoms with Crippen LogP contribution in [0.25, 0.3) is 0 Å². The van der Waals surface area contributed by atoms with Gasteiger partial charge in [0.15, 0.2) is 0 Å². The predicted octanol–water partition coefficient (Wildman–Crippen LogP) is 2.78. The van der Waals surface area contributed by atoms with Gasteiger partial charge in [-0.2, -0.15) is 0 Å². The third-order valence-corrected chi connectivity index (χ3v) is 4.11. The molecule has 0 amide bonds. The molecule has 16 heavy (non-hydrogen) atoms. The predicted molar refractivity (Wildman–Crippen MR) is 66.8 cm³/mol. The topological polar surface area (TPSA) is 46.2 Å². The summed E-state index contributed by atoms with van der Waals surface area (Å²) in [5, 5.41) is 10.1. The number of nitrogens with two attached hydrogens (primary N) is 1. The summed E-state index contributed by atoms with van der Waals surface area (Å²) in [5.74, 6) is 0.402. The highest BCUT2D eigenvalue weighted by Gasteiger charge is 2.54. The number of hydrogen-bond acceptors (Lipinski definition) is 2. The fourth-order valence-electron chi connectivity index (χ4n) is 2.57. The number of benzene rings is 1. The molecule has 0 aromatic heterocycles. The van der Waals surface area contributed by atoms with Crippen LogP contribution in [0.15, 0.2) is 12.1 Å². The Labute approximate surface area is 97.5 Å². The van der Waals surface area contributed by atoms with Crippen molar-refractivity contribution in [2.45, 2.75) is 51.5 Å². The van der Waals surface area contributed by atoms with Gasteiger partial charge in [0, 0.05) is 16.5 Å². The molecule has 1 saturated carbocycles. The second-order valence-corrected chi connectivity index (χ2v) is 5.76. The van der Waals surface area contributed by atoms with Gasteiger partial charge in [0.2, 0.25) is 0 Å².